The first kappa shape index (κ1) is 20.6. The van der Waals surface area contributed by atoms with Crippen LogP contribution in [0.3, 0.4) is 0 Å². The molecule has 1 heterocycles. The minimum atomic E-state index is -0.964. The van der Waals surface area contributed by atoms with Gasteiger partial charge in [-0.25, -0.2) is 0 Å². The fourth-order valence-corrected chi connectivity index (χ4v) is 4.01. The van der Waals surface area contributed by atoms with Gasteiger partial charge in [0.15, 0.2) is 0 Å². The fourth-order valence-electron chi connectivity index (χ4n) is 3.04. The first-order chi connectivity index (χ1) is 13.3. The Morgan fingerprint density at radius 2 is 1.89 bits per heavy atom. The summed E-state index contributed by atoms with van der Waals surface area (Å²) in [6, 6.07) is 14.7. The molecule has 5 nitrogen and oxygen atoms in total. The number of hydrogen-bond donors (Lipinski definition) is 1. The quantitative estimate of drug-likeness (QED) is 0.696. The van der Waals surface area contributed by atoms with E-state index in [4.69, 9.17) is 16.3 Å². The van der Waals surface area contributed by atoms with E-state index in [1.165, 1.54) is 11.8 Å². The first-order valence-corrected chi connectivity index (χ1v) is 10.5. The molecule has 0 saturated carbocycles. The topological polar surface area (TPSA) is 58.6 Å². The van der Waals surface area contributed by atoms with E-state index in [1.54, 1.807) is 30.9 Å². The van der Waals surface area contributed by atoms with Crippen molar-refractivity contribution in [1.82, 2.24) is 0 Å². The number of hydrogen-bond acceptors (Lipinski definition) is 4. The minimum Gasteiger partial charge on any atom is -0.491 e. The molecule has 0 fully saturated rings. The number of ether oxygens (including phenoxy) is 1. The third-order valence-corrected chi connectivity index (χ3v) is 6.04. The van der Waals surface area contributed by atoms with E-state index in [0.29, 0.717) is 28.8 Å². The van der Waals surface area contributed by atoms with E-state index >= 15 is 0 Å². The molecule has 2 aromatic carbocycles. The van der Waals surface area contributed by atoms with Crippen LogP contribution in [0.4, 0.5) is 11.4 Å². The molecule has 148 valence electrons. The molecule has 0 bridgehead atoms. The maximum Gasteiger partial charge on any atom is 0.250 e. The Bertz CT molecular complexity index is 887. The Kier molecular flexibility index (Phi) is 6.20. The van der Waals surface area contributed by atoms with Gasteiger partial charge in [0.1, 0.15) is 11.3 Å². The Morgan fingerprint density at radius 1 is 1.21 bits per heavy atom. The predicted molar refractivity (Wildman–Crippen MR) is 116 cm³/mol. The maximum atomic E-state index is 13.2. The number of amides is 2. The molecule has 1 N–H and O–H groups in total. The van der Waals surface area contributed by atoms with Gasteiger partial charge >= 0.3 is 0 Å². The van der Waals surface area contributed by atoms with Crippen molar-refractivity contribution < 1.29 is 14.3 Å². The van der Waals surface area contributed by atoms with Gasteiger partial charge in [0, 0.05) is 5.75 Å². The van der Waals surface area contributed by atoms with E-state index < -0.39 is 5.54 Å². The average Bonchev–Trinajstić information content (AvgIpc) is 2.66. The van der Waals surface area contributed by atoms with Crippen LogP contribution in [0.5, 0.6) is 5.75 Å². The maximum absolute atomic E-state index is 13.2. The van der Waals surface area contributed by atoms with Gasteiger partial charge in [0.05, 0.1) is 28.3 Å². The lowest BCUT2D eigenvalue weighted by Crippen LogP contribution is -2.60. The highest BCUT2D eigenvalue weighted by molar-refractivity contribution is 8.00. The Labute approximate surface area is 174 Å². The highest BCUT2D eigenvalue weighted by Gasteiger charge is 2.44. The largest absolute Gasteiger partial charge is 0.491 e. The number of benzene rings is 2. The molecule has 2 aromatic rings. The molecule has 0 spiro atoms. The second-order valence-electron chi connectivity index (χ2n) is 7.00. The highest BCUT2D eigenvalue weighted by atomic mass is 35.5. The lowest BCUT2D eigenvalue weighted by molar-refractivity contribution is -0.126. The number of fused-ring (bicyclic) bond motifs is 1. The molecular weight excluding hydrogens is 396 g/mol. The number of thioether (sulfide) groups is 1. The lowest BCUT2D eigenvalue weighted by Gasteiger charge is -2.43. The second kappa shape index (κ2) is 8.45. The monoisotopic (exact) mass is 418 g/mol. The van der Waals surface area contributed by atoms with E-state index in [1.807, 2.05) is 43.3 Å². The molecule has 1 aliphatic heterocycles. The van der Waals surface area contributed by atoms with Gasteiger partial charge in [0.25, 0.3) is 0 Å². The lowest BCUT2D eigenvalue weighted by atomic mass is 9.96. The Balaban J connectivity index is 1.65. The van der Waals surface area contributed by atoms with Crippen molar-refractivity contribution in [2.75, 3.05) is 22.6 Å². The van der Waals surface area contributed by atoms with Gasteiger partial charge in [-0.15, -0.1) is 11.8 Å². The van der Waals surface area contributed by atoms with Crippen molar-refractivity contribution in [3.8, 4) is 5.75 Å². The van der Waals surface area contributed by atoms with Gasteiger partial charge < -0.3 is 10.1 Å². The Hall–Kier alpha value is -2.18. The summed E-state index contributed by atoms with van der Waals surface area (Å²) in [5.41, 5.74) is 0.408. The number of para-hydroxylation sites is 3. The molecule has 0 aliphatic carbocycles. The van der Waals surface area contributed by atoms with Crippen LogP contribution in [0.2, 0.25) is 5.02 Å². The zero-order valence-electron chi connectivity index (χ0n) is 16.1. The molecule has 0 saturated heterocycles. The van der Waals surface area contributed by atoms with Crippen molar-refractivity contribution in [3.05, 3.63) is 53.6 Å². The van der Waals surface area contributed by atoms with Crippen molar-refractivity contribution in [2.45, 2.75) is 31.6 Å². The number of carbonyl (C=O) groups excluding carboxylic acids is 2. The molecular formula is C21H23ClN2O3S. The summed E-state index contributed by atoms with van der Waals surface area (Å²) < 4.78 is 5.68. The normalized spacial score (nSPS) is 16.1. The van der Waals surface area contributed by atoms with Crippen LogP contribution < -0.4 is 15.0 Å². The molecule has 0 aromatic heterocycles. The van der Waals surface area contributed by atoms with Crippen molar-refractivity contribution in [2.24, 2.45) is 0 Å². The van der Waals surface area contributed by atoms with Crippen LogP contribution in [0, 0.1) is 0 Å². The summed E-state index contributed by atoms with van der Waals surface area (Å²) in [5.74, 6) is 0.959. The van der Waals surface area contributed by atoms with Gasteiger partial charge in [-0.3, -0.25) is 14.5 Å². The van der Waals surface area contributed by atoms with Crippen LogP contribution in [0.25, 0.3) is 0 Å². The van der Waals surface area contributed by atoms with Crippen molar-refractivity contribution >= 4 is 46.6 Å². The first-order valence-electron chi connectivity index (χ1n) is 9.06. The summed E-state index contributed by atoms with van der Waals surface area (Å²) in [6.07, 6.45) is 0. The number of anilines is 2. The van der Waals surface area contributed by atoms with Gasteiger partial charge in [-0.1, -0.05) is 35.9 Å². The van der Waals surface area contributed by atoms with E-state index in [9.17, 15) is 9.59 Å². The van der Waals surface area contributed by atoms with E-state index in [0.717, 1.165) is 5.69 Å². The van der Waals surface area contributed by atoms with Gasteiger partial charge in [-0.2, -0.15) is 0 Å². The molecule has 7 heteroatoms. The summed E-state index contributed by atoms with van der Waals surface area (Å²) in [5, 5.41) is 3.12. The number of nitrogens with one attached hydrogen (secondary N) is 1. The second-order valence-corrected chi connectivity index (χ2v) is 8.85. The van der Waals surface area contributed by atoms with Crippen molar-refractivity contribution in [3.63, 3.8) is 0 Å². The zero-order chi connectivity index (χ0) is 20.3. The van der Waals surface area contributed by atoms with Crippen LogP contribution in [0.1, 0.15) is 20.8 Å². The fraction of sp³-hybridized carbons (Fsp3) is 0.333. The summed E-state index contributed by atoms with van der Waals surface area (Å²) in [7, 11) is 0. The SMILES string of the molecule is C[C@@H](SCCOc1ccccc1Cl)C(=O)N1c2ccccc2NC(=O)C1(C)C. The minimum absolute atomic E-state index is 0.102. The number of carbonyl (C=O) groups is 2. The highest BCUT2D eigenvalue weighted by Crippen LogP contribution is 2.38. The Morgan fingerprint density at radius 3 is 2.64 bits per heavy atom. The standard InChI is InChI=1S/C21H23ClN2O3S/c1-14(28-13-12-27-18-11-7-4-8-15(18)22)19(25)24-17-10-6-5-9-16(17)23-20(26)21(24,2)3/h4-11,14H,12-13H2,1-3H3,(H,23,26)/t14-/m1/s1. The number of halogens is 1. The third kappa shape index (κ3) is 4.13. The van der Waals surface area contributed by atoms with Crippen LogP contribution in [-0.2, 0) is 9.59 Å². The zero-order valence-corrected chi connectivity index (χ0v) is 17.6. The van der Waals surface area contributed by atoms with Gasteiger partial charge in [0.2, 0.25) is 11.8 Å². The molecule has 0 unspecified atom stereocenters. The molecule has 1 aliphatic rings. The summed E-state index contributed by atoms with van der Waals surface area (Å²) in [6.45, 7) is 5.81. The van der Waals surface area contributed by atoms with E-state index in [2.05, 4.69) is 5.32 Å². The molecule has 28 heavy (non-hydrogen) atoms. The summed E-state index contributed by atoms with van der Waals surface area (Å²) in [4.78, 5) is 27.3. The molecule has 2 amide bonds. The molecule has 3 rings (SSSR count). The predicted octanol–water partition coefficient (Wildman–Crippen LogP) is 4.60. The third-order valence-electron chi connectivity index (χ3n) is 4.62. The molecule has 0 radical (unpaired) electrons. The smallest absolute Gasteiger partial charge is 0.250 e. The van der Waals surface area contributed by atoms with E-state index in [-0.39, 0.29) is 17.1 Å². The van der Waals surface area contributed by atoms with Crippen LogP contribution in [-0.4, -0.2) is 35.0 Å². The number of nitrogens with zero attached hydrogens (tertiary/aromatic N) is 1. The molecule has 1 atom stereocenters. The van der Waals surface area contributed by atoms with Crippen LogP contribution >= 0.6 is 23.4 Å². The van der Waals surface area contributed by atoms with Gasteiger partial charge in [-0.05, 0) is 45.0 Å². The average molecular weight is 419 g/mol. The number of rotatable bonds is 6. The summed E-state index contributed by atoms with van der Waals surface area (Å²) >= 11 is 7.57. The van der Waals surface area contributed by atoms with Crippen molar-refractivity contribution in [1.29, 1.82) is 0 Å². The van der Waals surface area contributed by atoms with Crippen LogP contribution in [0.15, 0.2) is 48.5 Å².